The van der Waals surface area contributed by atoms with Crippen LogP contribution >= 0.6 is 11.3 Å². The Morgan fingerprint density at radius 3 is 2.33 bits per heavy atom. The number of para-hydroxylation sites is 1. The van der Waals surface area contributed by atoms with Gasteiger partial charge >= 0.3 is 0 Å². The molecule has 0 saturated carbocycles. The lowest BCUT2D eigenvalue weighted by Gasteiger charge is -2.20. The Kier molecular flexibility index (Phi) is 4.99. The molecule has 0 N–H and O–H groups in total. The maximum absolute atomic E-state index is 13.3. The molecule has 0 atom stereocenters. The molecule has 3 aromatic carbocycles. The van der Waals surface area contributed by atoms with Crippen LogP contribution in [0.15, 0.2) is 78.9 Å². The third kappa shape index (κ3) is 3.62. The van der Waals surface area contributed by atoms with Crippen LogP contribution in [0.25, 0.3) is 10.2 Å². The molecule has 4 rings (SSSR count). The molecular weight excluding hydrogens is 352 g/mol. The quantitative estimate of drug-likeness (QED) is 0.450. The standard InChI is InChI=1S/C23H20N2OS/c1-2-18-14-9-15-20-21(18)24-23(27-20)25(16-17-10-5-3-6-11-17)22(26)19-12-7-4-8-13-19/h3-15H,2,16H2,1H3. The Labute approximate surface area is 162 Å². The summed E-state index contributed by atoms with van der Waals surface area (Å²) in [6.45, 7) is 2.63. The average Bonchev–Trinajstić information content (AvgIpc) is 3.17. The van der Waals surface area contributed by atoms with Gasteiger partial charge in [0, 0.05) is 5.56 Å². The monoisotopic (exact) mass is 372 g/mol. The van der Waals surface area contributed by atoms with Crippen molar-refractivity contribution in [1.29, 1.82) is 0 Å². The first-order valence-corrected chi connectivity index (χ1v) is 9.87. The van der Waals surface area contributed by atoms with E-state index in [0.29, 0.717) is 12.1 Å². The molecule has 0 spiro atoms. The molecule has 0 bridgehead atoms. The number of aromatic nitrogens is 1. The third-order valence-corrected chi connectivity index (χ3v) is 5.60. The highest BCUT2D eigenvalue weighted by molar-refractivity contribution is 7.22. The first-order valence-electron chi connectivity index (χ1n) is 9.05. The Morgan fingerprint density at radius 1 is 0.926 bits per heavy atom. The average molecular weight is 372 g/mol. The van der Waals surface area contributed by atoms with Gasteiger partial charge in [-0.15, -0.1) is 0 Å². The Balaban J connectivity index is 1.79. The predicted octanol–water partition coefficient (Wildman–Crippen LogP) is 5.71. The van der Waals surface area contributed by atoms with E-state index in [1.807, 2.05) is 60.7 Å². The smallest absolute Gasteiger partial charge is 0.260 e. The zero-order chi connectivity index (χ0) is 18.6. The van der Waals surface area contributed by atoms with Crippen LogP contribution in [0.5, 0.6) is 0 Å². The summed E-state index contributed by atoms with van der Waals surface area (Å²) in [5.41, 5.74) is 3.96. The van der Waals surface area contributed by atoms with Crippen LogP contribution in [0.3, 0.4) is 0 Å². The van der Waals surface area contributed by atoms with Gasteiger partial charge in [0.2, 0.25) is 0 Å². The fourth-order valence-corrected chi connectivity index (χ4v) is 4.13. The highest BCUT2D eigenvalue weighted by Gasteiger charge is 2.22. The van der Waals surface area contributed by atoms with Crippen molar-refractivity contribution < 1.29 is 4.79 Å². The van der Waals surface area contributed by atoms with Gasteiger partial charge in [0.25, 0.3) is 5.91 Å². The van der Waals surface area contributed by atoms with Gasteiger partial charge in [0.15, 0.2) is 5.13 Å². The summed E-state index contributed by atoms with van der Waals surface area (Å²) in [5, 5.41) is 0.739. The molecule has 0 aliphatic rings. The number of aryl methyl sites for hydroxylation is 1. The van der Waals surface area contributed by atoms with Crippen LogP contribution < -0.4 is 4.90 Å². The molecule has 1 amide bonds. The molecular formula is C23H20N2OS. The fourth-order valence-electron chi connectivity index (χ4n) is 3.12. The van der Waals surface area contributed by atoms with Gasteiger partial charge in [-0.3, -0.25) is 9.69 Å². The summed E-state index contributed by atoms with van der Waals surface area (Å²) in [4.78, 5) is 19.9. The van der Waals surface area contributed by atoms with E-state index in [4.69, 9.17) is 4.98 Å². The van der Waals surface area contributed by atoms with Gasteiger partial charge in [0.1, 0.15) is 0 Å². The molecule has 134 valence electrons. The minimum absolute atomic E-state index is 0.0310. The van der Waals surface area contributed by atoms with E-state index in [-0.39, 0.29) is 5.91 Å². The van der Waals surface area contributed by atoms with Gasteiger partial charge in [-0.05, 0) is 35.7 Å². The number of fused-ring (bicyclic) bond motifs is 1. The van der Waals surface area contributed by atoms with Crippen LogP contribution in [0.2, 0.25) is 0 Å². The minimum Gasteiger partial charge on any atom is -0.279 e. The number of thiazole rings is 1. The van der Waals surface area contributed by atoms with Gasteiger partial charge in [0.05, 0.1) is 16.8 Å². The summed E-state index contributed by atoms with van der Waals surface area (Å²) in [6, 6.07) is 25.7. The second kappa shape index (κ2) is 7.72. The van der Waals surface area contributed by atoms with E-state index in [0.717, 1.165) is 27.3 Å². The summed E-state index contributed by atoms with van der Waals surface area (Å²) < 4.78 is 1.11. The number of amides is 1. The normalized spacial score (nSPS) is 10.9. The van der Waals surface area contributed by atoms with Gasteiger partial charge < -0.3 is 0 Å². The molecule has 4 heteroatoms. The predicted molar refractivity (Wildman–Crippen MR) is 112 cm³/mol. The number of hydrogen-bond donors (Lipinski definition) is 0. The van der Waals surface area contributed by atoms with Crippen molar-refractivity contribution in [3.8, 4) is 0 Å². The van der Waals surface area contributed by atoms with Crippen molar-refractivity contribution in [3.63, 3.8) is 0 Å². The van der Waals surface area contributed by atoms with Crippen molar-refractivity contribution in [2.24, 2.45) is 0 Å². The minimum atomic E-state index is -0.0310. The molecule has 0 saturated heterocycles. The lowest BCUT2D eigenvalue weighted by Crippen LogP contribution is -2.30. The topological polar surface area (TPSA) is 33.2 Å². The summed E-state index contributed by atoms with van der Waals surface area (Å²) >= 11 is 1.57. The van der Waals surface area contributed by atoms with Crippen LogP contribution in [0.1, 0.15) is 28.4 Å². The highest BCUT2D eigenvalue weighted by atomic mass is 32.1. The maximum Gasteiger partial charge on any atom is 0.260 e. The van der Waals surface area contributed by atoms with Gasteiger partial charge in [-0.1, -0.05) is 78.9 Å². The first kappa shape index (κ1) is 17.4. The molecule has 0 aliphatic heterocycles. The Hall–Kier alpha value is -2.98. The Morgan fingerprint density at radius 2 is 1.63 bits per heavy atom. The zero-order valence-corrected chi connectivity index (χ0v) is 15.9. The second-order valence-corrected chi connectivity index (χ2v) is 7.37. The fraction of sp³-hybridized carbons (Fsp3) is 0.130. The largest absolute Gasteiger partial charge is 0.279 e. The van der Waals surface area contributed by atoms with Crippen molar-refractivity contribution in [2.75, 3.05) is 4.90 Å². The van der Waals surface area contributed by atoms with Crippen LogP contribution in [0.4, 0.5) is 5.13 Å². The molecule has 1 heterocycles. The number of carbonyl (C=O) groups is 1. The molecule has 27 heavy (non-hydrogen) atoms. The molecule has 3 nitrogen and oxygen atoms in total. The van der Waals surface area contributed by atoms with Crippen molar-refractivity contribution >= 4 is 32.6 Å². The van der Waals surface area contributed by atoms with Gasteiger partial charge in [-0.2, -0.15) is 0 Å². The van der Waals surface area contributed by atoms with Crippen LogP contribution in [-0.2, 0) is 13.0 Å². The number of nitrogens with zero attached hydrogens (tertiary/aromatic N) is 2. The number of benzene rings is 3. The number of anilines is 1. The number of hydrogen-bond acceptors (Lipinski definition) is 3. The first-order chi connectivity index (χ1) is 13.3. The van der Waals surface area contributed by atoms with E-state index in [1.54, 1.807) is 16.2 Å². The molecule has 0 unspecified atom stereocenters. The second-order valence-electron chi connectivity index (χ2n) is 6.36. The third-order valence-electron chi connectivity index (χ3n) is 4.55. The Bertz CT molecular complexity index is 1060. The van der Waals surface area contributed by atoms with Crippen LogP contribution in [-0.4, -0.2) is 10.9 Å². The van der Waals surface area contributed by atoms with Crippen molar-refractivity contribution in [3.05, 3.63) is 95.6 Å². The van der Waals surface area contributed by atoms with E-state index < -0.39 is 0 Å². The summed E-state index contributed by atoms with van der Waals surface area (Å²) in [6.07, 6.45) is 0.922. The molecule has 0 radical (unpaired) electrons. The van der Waals surface area contributed by atoms with E-state index >= 15 is 0 Å². The van der Waals surface area contributed by atoms with E-state index in [2.05, 4.69) is 25.1 Å². The number of rotatable bonds is 5. The van der Waals surface area contributed by atoms with E-state index in [9.17, 15) is 4.79 Å². The van der Waals surface area contributed by atoms with Crippen molar-refractivity contribution in [2.45, 2.75) is 19.9 Å². The molecule has 0 fully saturated rings. The van der Waals surface area contributed by atoms with Crippen LogP contribution in [0, 0.1) is 0 Å². The zero-order valence-electron chi connectivity index (χ0n) is 15.1. The van der Waals surface area contributed by atoms with Crippen molar-refractivity contribution in [1.82, 2.24) is 4.98 Å². The highest BCUT2D eigenvalue weighted by Crippen LogP contribution is 2.32. The molecule has 0 aliphatic carbocycles. The summed E-state index contributed by atoms with van der Waals surface area (Å²) in [7, 11) is 0. The summed E-state index contributed by atoms with van der Waals surface area (Å²) in [5.74, 6) is -0.0310. The molecule has 4 aromatic rings. The lowest BCUT2D eigenvalue weighted by molar-refractivity contribution is 0.0985. The van der Waals surface area contributed by atoms with E-state index in [1.165, 1.54) is 5.56 Å². The van der Waals surface area contributed by atoms with Gasteiger partial charge in [-0.25, -0.2) is 4.98 Å². The molecule has 1 aromatic heterocycles. The SMILES string of the molecule is CCc1cccc2sc(N(Cc3ccccc3)C(=O)c3ccccc3)nc12. The maximum atomic E-state index is 13.3. The number of carbonyl (C=O) groups excluding carboxylic acids is 1. The lowest BCUT2D eigenvalue weighted by atomic mass is 10.1.